The van der Waals surface area contributed by atoms with Gasteiger partial charge in [-0.15, -0.1) is 0 Å². The predicted octanol–water partition coefficient (Wildman–Crippen LogP) is 2.21. The average Bonchev–Trinajstić information content (AvgIpc) is 3.07. The third-order valence-corrected chi connectivity index (χ3v) is 6.49. The van der Waals surface area contributed by atoms with Crippen LogP contribution in [0.3, 0.4) is 0 Å². The van der Waals surface area contributed by atoms with E-state index in [1.165, 1.54) is 18.5 Å². The molecule has 1 aromatic carbocycles. The lowest BCUT2D eigenvalue weighted by molar-refractivity contribution is -0.132. The van der Waals surface area contributed by atoms with E-state index >= 15 is 0 Å². The van der Waals surface area contributed by atoms with Crippen LogP contribution >= 0.6 is 0 Å². The normalized spacial score (nSPS) is 20.1. The highest BCUT2D eigenvalue weighted by Gasteiger charge is 2.47. The van der Waals surface area contributed by atoms with Crippen LogP contribution in [0, 0.1) is 0 Å². The van der Waals surface area contributed by atoms with Crippen molar-refractivity contribution in [2.24, 2.45) is 5.16 Å². The molecule has 0 spiro atoms. The summed E-state index contributed by atoms with van der Waals surface area (Å²) in [5.74, 6) is -1.36. The van der Waals surface area contributed by atoms with Gasteiger partial charge in [0.25, 0.3) is 5.91 Å². The van der Waals surface area contributed by atoms with Gasteiger partial charge in [-0.05, 0) is 19.4 Å². The zero-order valence-electron chi connectivity index (χ0n) is 14.7. The summed E-state index contributed by atoms with van der Waals surface area (Å²) in [6.07, 6.45) is 1.76. The van der Waals surface area contributed by atoms with Gasteiger partial charge in [-0.2, -0.15) is 0 Å². The second kappa shape index (κ2) is 7.55. The second-order valence-corrected chi connectivity index (χ2v) is 8.78. The largest absolute Gasteiger partial charge is 0.392 e. The van der Waals surface area contributed by atoms with E-state index in [4.69, 9.17) is 10.0 Å². The van der Waals surface area contributed by atoms with Crippen molar-refractivity contribution in [2.75, 3.05) is 6.26 Å². The Morgan fingerprint density at radius 3 is 2.58 bits per heavy atom. The topological polar surface area (TPSA) is 105 Å². The van der Waals surface area contributed by atoms with E-state index < -0.39 is 26.6 Å². The first-order chi connectivity index (χ1) is 12.1. The minimum Gasteiger partial charge on any atom is -0.392 e. The molecule has 2 rings (SSSR count). The van der Waals surface area contributed by atoms with Crippen LogP contribution in [0.25, 0.3) is 5.83 Å². The molecule has 2 N–H and O–H groups in total. The van der Waals surface area contributed by atoms with Crippen molar-refractivity contribution < 1.29 is 27.6 Å². The molecule has 1 aliphatic rings. The van der Waals surface area contributed by atoms with Crippen LogP contribution in [0.15, 0.2) is 35.5 Å². The Labute approximate surface area is 151 Å². The Bertz CT molecular complexity index is 848. The molecule has 0 bridgehead atoms. The Kier molecular flexibility index (Phi) is 5.82. The third-order valence-electron chi connectivity index (χ3n) is 4.50. The molecule has 7 nitrogen and oxygen atoms in total. The van der Waals surface area contributed by atoms with Gasteiger partial charge in [0, 0.05) is 24.7 Å². The molecule has 0 saturated carbocycles. The number of carbonyl (C=O) groups is 1. The summed E-state index contributed by atoms with van der Waals surface area (Å²) in [7, 11) is -3.81. The van der Waals surface area contributed by atoms with Gasteiger partial charge in [0.2, 0.25) is 0 Å². The number of hydrogen-bond acceptors (Lipinski definition) is 6. The number of carbonyl (C=O) groups excluding carboxylic acids is 1. The van der Waals surface area contributed by atoms with Crippen molar-refractivity contribution in [1.29, 1.82) is 0 Å². The van der Waals surface area contributed by atoms with Crippen LogP contribution in [-0.2, 0) is 19.5 Å². The van der Waals surface area contributed by atoms with Gasteiger partial charge in [0.05, 0.1) is 5.71 Å². The van der Waals surface area contributed by atoms with Gasteiger partial charge in [0.15, 0.2) is 14.6 Å². The molecule has 1 amide bonds. The van der Waals surface area contributed by atoms with Crippen LogP contribution in [0.5, 0.6) is 0 Å². The lowest BCUT2D eigenvalue weighted by atomic mass is 9.96. The maximum Gasteiger partial charge on any atom is 0.264 e. The standard InChI is InChI=1S/C17H21FN2O5S/c1-4-14(18)11-5-7-12(8-6-11)15-9-13(25-20-15)10-17(2,16(21)19-22)26(3,23)24/h4-8,13,22H,9-10H2,1-3H3,(H,19,21)/b14-4-/t13-,17-/m1/s1. The fourth-order valence-electron chi connectivity index (χ4n) is 2.66. The van der Waals surface area contributed by atoms with Crippen molar-refractivity contribution in [1.82, 2.24) is 5.48 Å². The predicted molar refractivity (Wildman–Crippen MR) is 95.0 cm³/mol. The number of sulfone groups is 1. The molecular formula is C17H21FN2O5S. The van der Waals surface area contributed by atoms with Gasteiger partial charge >= 0.3 is 0 Å². The van der Waals surface area contributed by atoms with E-state index in [2.05, 4.69) is 5.16 Å². The van der Waals surface area contributed by atoms with Crippen molar-refractivity contribution in [3.8, 4) is 0 Å². The van der Waals surface area contributed by atoms with Gasteiger partial charge in [-0.3, -0.25) is 10.0 Å². The van der Waals surface area contributed by atoms with Gasteiger partial charge in [-0.25, -0.2) is 18.3 Å². The highest BCUT2D eigenvalue weighted by molar-refractivity contribution is 7.92. The number of halogens is 1. The van der Waals surface area contributed by atoms with Crippen molar-refractivity contribution >= 4 is 27.3 Å². The molecule has 1 heterocycles. The summed E-state index contributed by atoms with van der Waals surface area (Å²) < 4.78 is 35.7. The fraction of sp³-hybridized carbons (Fsp3) is 0.412. The maximum absolute atomic E-state index is 13.5. The SMILES string of the molecule is C/C=C(\F)c1ccc(C2=NO[C@@H](C[C@](C)(C(=O)NO)S(C)(=O)=O)C2)cc1. The number of benzene rings is 1. The van der Waals surface area contributed by atoms with E-state index in [1.807, 2.05) is 0 Å². The first-order valence-corrected chi connectivity index (χ1v) is 9.81. The highest BCUT2D eigenvalue weighted by Crippen LogP contribution is 2.29. The Balaban J connectivity index is 2.13. The van der Waals surface area contributed by atoms with E-state index in [9.17, 15) is 17.6 Å². The summed E-state index contributed by atoms with van der Waals surface area (Å²) in [5.41, 5.74) is 3.13. The summed E-state index contributed by atoms with van der Waals surface area (Å²) in [4.78, 5) is 17.2. The molecule has 0 radical (unpaired) electrons. The lowest BCUT2D eigenvalue weighted by Gasteiger charge is -2.26. The Morgan fingerprint density at radius 1 is 1.46 bits per heavy atom. The number of allylic oxidation sites excluding steroid dienone is 1. The van der Waals surface area contributed by atoms with E-state index in [-0.39, 0.29) is 18.7 Å². The van der Waals surface area contributed by atoms with E-state index in [0.29, 0.717) is 16.8 Å². The molecule has 26 heavy (non-hydrogen) atoms. The van der Waals surface area contributed by atoms with Crippen molar-refractivity contribution in [3.63, 3.8) is 0 Å². The number of rotatable bonds is 6. The van der Waals surface area contributed by atoms with Gasteiger partial charge in [0.1, 0.15) is 11.9 Å². The lowest BCUT2D eigenvalue weighted by Crippen LogP contribution is -2.51. The number of hydroxylamine groups is 1. The summed E-state index contributed by atoms with van der Waals surface area (Å²) in [6, 6.07) is 6.61. The number of nitrogens with one attached hydrogen (secondary N) is 1. The molecule has 0 saturated heterocycles. The number of nitrogens with zero attached hydrogens (tertiary/aromatic N) is 1. The Morgan fingerprint density at radius 2 is 2.08 bits per heavy atom. The molecule has 0 unspecified atom stereocenters. The van der Waals surface area contributed by atoms with Crippen LogP contribution in [0.2, 0.25) is 0 Å². The fourth-order valence-corrected chi connectivity index (χ4v) is 3.53. The zero-order chi connectivity index (χ0) is 19.5. The summed E-state index contributed by atoms with van der Waals surface area (Å²) >= 11 is 0. The molecule has 142 valence electrons. The molecule has 0 aliphatic carbocycles. The zero-order valence-corrected chi connectivity index (χ0v) is 15.5. The first-order valence-electron chi connectivity index (χ1n) is 7.92. The molecular weight excluding hydrogens is 363 g/mol. The second-order valence-electron chi connectivity index (χ2n) is 6.33. The maximum atomic E-state index is 13.5. The number of oxime groups is 1. The first kappa shape index (κ1) is 20.1. The molecule has 9 heteroatoms. The van der Waals surface area contributed by atoms with Crippen LogP contribution in [0.4, 0.5) is 4.39 Å². The van der Waals surface area contributed by atoms with E-state index in [1.54, 1.807) is 31.2 Å². The van der Waals surface area contributed by atoms with Gasteiger partial charge < -0.3 is 4.84 Å². The molecule has 1 aromatic rings. The molecule has 0 fully saturated rings. The number of hydrogen-bond donors (Lipinski definition) is 2. The average molecular weight is 384 g/mol. The monoisotopic (exact) mass is 384 g/mol. The van der Waals surface area contributed by atoms with Crippen molar-refractivity contribution in [2.45, 2.75) is 37.5 Å². The smallest absolute Gasteiger partial charge is 0.264 e. The summed E-state index contributed by atoms with van der Waals surface area (Å²) in [6.45, 7) is 2.83. The Hall–Kier alpha value is -2.26. The third kappa shape index (κ3) is 3.94. The van der Waals surface area contributed by atoms with Crippen LogP contribution in [0.1, 0.15) is 37.8 Å². The molecule has 0 aromatic heterocycles. The minimum atomic E-state index is -3.81. The molecule has 2 atom stereocenters. The van der Waals surface area contributed by atoms with Gasteiger partial charge in [-0.1, -0.05) is 35.5 Å². The van der Waals surface area contributed by atoms with Crippen LogP contribution in [-0.4, -0.2) is 42.4 Å². The highest BCUT2D eigenvalue weighted by atomic mass is 32.2. The summed E-state index contributed by atoms with van der Waals surface area (Å²) in [5, 5.41) is 12.8. The quantitative estimate of drug-likeness (QED) is 0.578. The molecule has 1 aliphatic heterocycles. The number of amides is 1. The van der Waals surface area contributed by atoms with Crippen molar-refractivity contribution in [3.05, 3.63) is 41.5 Å². The minimum absolute atomic E-state index is 0.170. The van der Waals surface area contributed by atoms with E-state index in [0.717, 1.165) is 6.26 Å². The van der Waals surface area contributed by atoms with Crippen LogP contribution < -0.4 is 5.48 Å².